The van der Waals surface area contributed by atoms with Crippen molar-refractivity contribution in [1.82, 2.24) is 0 Å². The highest BCUT2D eigenvalue weighted by molar-refractivity contribution is 8.00. The summed E-state index contributed by atoms with van der Waals surface area (Å²) in [5.41, 5.74) is 0.723. The van der Waals surface area contributed by atoms with Crippen LogP contribution in [0.15, 0.2) is 46.2 Å². The Bertz CT molecular complexity index is 1190. The summed E-state index contributed by atoms with van der Waals surface area (Å²) in [6, 6.07) is 9.45. The van der Waals surface area contributed by atoms with Gasteiger partial charge in [-0.3, -0.25) is 18.8 Å². The van der Waals surface area contributed by atoms with Gasteiger partial charge in [-0.1, -0.05) is 18.5 Å². The molecule has 1 amide bonds. The van der Waals surface area contributed by atoms with Gasteiger partial charge in [0.25, 0.3) is 10.0 Å². The zero-order chi connectivity index (χ0) is 23.0. The number of hydrogen-bond donors (Lipinski definition) is 0. The van der Waals surface area contributed by atoms with Gasteiger partial charge in [-0.05, 0) is 42.8 Å². The van der Waals surface area contributed by atoms with Gasteiger partial charge in [0.1, 0.15) is 18.4 Å². The van der Waals surface area contributed by atoms with Gasteiger partial charge in [-0.25, -0.2) is 8.42 Å². The van der Waals surface area contributed by atoms with Crippen molar-refractivity contribution in [3.63, 3.8) is 0 Å². The lowest BCUT2D eigenvalue weighted by molar-refractivity contribution is -0.139. The molecule has 0 spiro atoms. The summed E-state index contributed by atoms with van der Waals surface area (Å²) in [7, 11) is -2.78. The van der Waals surface area contributed by atoms with Gasteiger partial charge in [-0.15, -0.1) is 11.8 Å². The smallest absolute Gasteiger partial charge is 0.325 e. The fourth-order valence-electron chi connectivity index (χ4n) is 3.56. The molecule has 2 aromatic carbocycles. The molecule has 0 radical (unpaired) electrons. The number of fused-ring (bicyclic) bond motifs is 2. The van der Waals surface area contributed by atoms with Gasteiger partial charge < -0.3 is 9.47 Å². The highest BCUT2D eigenvalue weighted by Gasteiger charge is 2.36. The van der Waals surface area contributed by atoms with Crippen molar-refractivity contribution in [2.24, 2.45) is 0 Å². The van der Waals surface area contributed by atoms with Crippen LogP contribution < -0.4 is 13.9 Å². The van der Waals surface area contributed by atoms with E-state index in [0.717, 1.165) is 0 Å². The summed E-state index contributed by atoms with van der Waals surface area (Å²) in [5, 5.41) is 0.388. The molecule has 0 aliphatic carbocycles. The predicted molar refractivity (Wildman–Crippen MR) is 122 cm³/mol. The lowest BCUT2D eigenvalue weighted by Crippen LogP contribution is -2.43. The Balaban J connectivity index is 1.78. The fraction of sp³-hybridized carbons (Fsp3) is 0.333. The van der Waals surface area contributed by atoms with Gasteiger partial charge >= 0.3 is 5.97 Å². The molecule has 2 aromatic rings. The van der Waals surface area contributed by atoms with Gasteiger partial charge in [-0.2, -0.15) is 0 Å². The minimum Gasteiger partial charge on any atom is -0.486 e. The van der Waals surface area contributed by atoms with Gasteiger partial charge in [0.2, 0.25) is 5.91 Å². The Morgan fingerprint density at radius 3 is 2.75 bits per heavy atom. The Kier molecular flexibility index (Phi) is 6.28. The van der Waals surface area contributed by atoms with Crippen LogP contribution in [0.3, 0.4) is 0 Å². The molecular weight excluding hydrogens is 476 g/mol. The summed E-state index contributed by atoms with van der Waals surface area (Å²) >= 11 is 7.43. The number of carbonyl (C=O) groups is 2. The van der Waals surface area contributed by atoms with Crippen LogP contribution in [0.25, 0.3) is 0 Å². The third-order valence-electron chi connectivity index (χ3n) is 5.28. The molecule has 1 atom stereocenters. The Morgan fingerprint density at radius 2 is 2.03 bits per heavy atom. The molecule has 0 fully saturated rings. The molecule has 170 valence electrons. The van der Waals surface area contributed by atoms with Crippen molar-refractivity contribution in [2.75, 3.05) is 35.2 Å². The topological polar surface area (TPSA) is 93.2 Å². The van der Waals surface area contributed by atoms with Crippen LogP contribution >= 0.6 is 23.4 Å². The molecule has 32 heavy (non-hydrogen) atoms. The number of rotatable bonds is 5. The quantitative estimate of drug-likeness (QED) is 0.586. The second-order valence-electron chi connectivity index (χ2n) is 7.27. The second-order valence-corrected chi connectivity index (χ2v) is 10.6. The third-order valence-corrected chi connectivity index (χ3v) is 8.34. The maximum Gasteiger partial charge on any atom is 0.325 e. The molecule has 0 aromatic heterocycles. The van der Waals surface area contributed by atoms with Gasteiger partial charge in [0, 0.05) is 9.92 Å². The van der Waals surface area contributed by atoms with E-state index in [9.17, 15) is 18.0 Å². The van der Waals surface area contributed by atoms with E-state index >= 15 is 0 Å². The van der Waals surface area contributed by atoms with Crippen molar-refractivity contribution in [3.05, 3.63) is 41.4 Å². The first-order valence-corrected chi connectivity index (χ1v) is 12.7. The first kappa shape index (κ1) is 22.8. The first-order valence-electron chi connectivity index (χ1n) is 9.87. The molecule has 0 saturated carbocycles. The number of anilines is 2. The van der Waals surface area contributed by atoms with Crippen LogP contribution in [0.2, 0.25) is 5.02 Å². The van der Waals surface area contributed by atoms with Crippen molar-refractivity contribution in [2.45, 2.75) is 29.2 Å². The first-order chi connectivity index (χ1) is 15.2. The number of ether oxygens (including phenoxy) is 2. The average Bonchev–Trinajstić information content (AvgIpc) is 2.79. The highest BCUT2D eigenvalue weighted by atomic mass is 35.5. The lowest BCUT2D eigenvalue weighted by atomic mass is 10.2. The SMILES string of the molecule is CCC1CN(S(=O)(=O)c2ccc3c(c2)N(CC(=O)OC)C(=O)CS3)c2cc(Cl)ccc2O1. The number of esters is 1. The van der Waals surface area contributed by atoms with E-state index in [1.807, 2.05) is 6.92 Å². The predicted octanol–water partition coefficient (Wildman–Crippen LogP) is 3.32. The summed E-state index contributed by atoms with van der Waals surface area (Å²) < 4.78 is 39.3. The minimum atomic E-state index is -4.01. The van der Waals surface area contributed by atoms with E-state index in [0.29, 0.717) is 33.5 Å². The van der Waals surface area contributed by atoms with Gasteiger partial charge in [0.15, 0.2) is 0 Å². The maximum atomic E-state index is 13.7. The number of thioether (sulfide) groups is 1. The number of benzene rings is 2. The Labute approximate surface area is 195 Å². The van der Waals surface area contributed by atoms with Crippen LogP contribution in [-0.4, -0.2) is 52.4 Å². The van der Waals surface area contributed by atoms with Gasteiger partial charge in [0.05, 0.1) is 35.7 Å². The molecule has 0 bridgehead atoms. The lowest BCUT2D eigenvalue weighted by Gasteiger charge is -2.35. The summed E-state index contributed by atoms with van der Waals surface area (Å²) in [6.45, 7) is 1.76. The molecule has 1 unspecified atom stereocenters. The summed E-state index contributed by atoms with van der Waals surface area (Å²) in [5.74, 6) is -0.292. The van der Waals surface area contributed by atoms with Crippen LogP contribution in [0.4, 0.5) is 11.4 Å². The zero-order valence-electron chi connectivity index (χ0n) is 17.4. The number of carbonyl (C=O) groups excluding carboxylic acids is 2. The van der Waals surface area contributed by atoms with Crippen molar-refractivity contribution < 1.29 is 27.5 Å². The number of amides is 1. The van der Waals surface area contributed by atoms with Crippen LogP contribution in [0.1, 0.15) is 13.3 Å². The van der Waals surface area contributed by atoms with Crippen molar-refractivity contribution in [3.8, 4) is 5.75 Å². The third kappa shape index (κ3) is 4.14. The molecule has 2 aliphatic heterocycles. The summed E-state index contributed by atoms with van der Waals surface area (Å²) in [6.07, 6.45) is 0.306. The van der Waals surface area contributed by atoms with Crippen LogP contribution in [-0.2, 0) is 24.3 Å². The molecule has 2 aliphatic rings. The van der Waals surface area contributed by atoms with E-state index in [-0.39, 0.29) is 35.7 Å². The van der Waals surface area contributed by atoms with E-state index in [1.54, 1.807) is 24.3 Å². The number of sulfonamides is 1. The highest BCUT2D eigenvalue weighted by Crippen LogP contribution is 2.41. The van der Waals surface area contributed by atoms with Crippen molar-refractivity contribution >= 4 is 56.6 Å². The maximum absolute atomic E-state index is 13.7. The molecule has 0 saturated heterocycles. The Hall–Kier alpha value is -2.43. The summed E-state index contributed by atoms with van der Waals surface area (Å²) in [4.78, 5) is 26.3. The van der Waals surface area contributed by atoms with E-state index in [1.165, 1.54) is 40.2 Å². The standard InChI is InChI=1S/C21H21ClN2O6S2/c1-3-14-10-24(16-8-13(22)4-6-18(16)30-14)32(27,28)15-5-7-19-17(9-15)23(11-21(26)29-2)20(25)12-31-19/h4-9,14H,3,10-12H2,1-2H3. The largest absolute Gasteiger partial charge is 0.486 e. The van der Waals surface area contributed by atoms with Crippen LogP contribution in [0, 0.1) is 0 Å². The molecule has 11 heteroatoms. The number of hydrogen-bond acceptors (Lipinski definition) is 7. The average molecular weight is 497 g/mol. The van der Waals surface area contributed by atoms with E-state index < -0.39 is 16.0 Å². The minimum absolute atomic E-state index is 0.00379. The van der Waals surface area contributed by atoms with Crippen molar-refractivity contribution in [1.29, 1.82) is 0 Å². The number of halogens is 1. The normalized spacial score (nSPS) is 18.0. The molecule has 4 rings (SSSR count). The van der Waals surface area contributed by atoms with E-state index in [4.69, 9.17) is 21.1 Å². The molecule has 0 N–H and O–H groups in total. The number of nitrogens with zero attached hydrogens (tertiary/aromatic N) is 2. The zero-order valence-corrected chi connectivity index (χ0v) is 19.8. The molecular formula is C21H21ClN2O6S2. The monoisotopic (exact) mass is 496 g/mol. The Morgan fingerprint density at radius 1 is 1.25 bits per heavy atom. The molecule has 8 nitrogen and oxygen atoms in total. The second kappa shape index (κ2) is 8.84. The fourth-order valence-corrected chi connectivity index (χ4v) is 6.16. The van der Waals surface area contributed by atoms with Crippen LogP contribution in [0.5, 0.6) is 5.75 Å². The van der Waals surface area contributed by atoms with E-state index in [2.05, 4.69) is 0 Å². The number of methoxy groups -OCH3 is 1. The molecule has 2 heterocycles.